The van der Waals surface area contributed by atoms with E-state index in [0.717, 1.165) is 31.3 Å². The van der Waals surface area contributed by atoms with Crippen molar-refractivity contribution in [3.8, 4) is 0 Å². The number of aromatic nitrogens is 3. The maximum absolute atomic E-state index is 6.09. The predicted octanol–water partition coefficient (Wildman–Crippen LogP) is 2.09. The van der Waals surface area contributed by atoms with Gasteiger partial charge in [0, 0.05) is 20.1 Å². The summed E-state index contributed by atoms with van der Waals surface area (Å²) in [7, 11) is 2.02. The number of morpholine rings is 1. The highest BCUT2D eigenvalue weighted by Crippen LogP contribution is 2.25. The molecule has 1 fully saturated rings. The summed E-state index contributed by atoms with van der Waals surface area (Å²) in [6.07, 6.45) is 0.350. The van der Waals surface area contributed by atoms with Crippen LogP contribution in [0.1, 0.15) is 30.2 Å². The zero-order valence-electron chi connectivity index (χ0n) is 12.9. The lowest BCUT2D eigenvalue weighted by Crippen LogP contribution is -2.42. The third-order valence-electron chi connectivity index (χ3n) is 4.06. The highest BCUT2D eigenvalue weighted by atomic mass is 16.5. The van der Waals surface area contributed by atoms with Gasteiger partial charge in [-0.25, -0.2) is 0 Å². The number of nitrogens with zero attached hydrogens (tertiary/aromatic N) is 4. The van der Waals surface area contributed by atoms with E-state index in [1.165, 1.54) is 5.56 Å². The summed E-state index contributed by atoms with van der Waals surface area (Å²) in [6.45, 7) is 6.74. The van der Waals surface area contributed by atoms with Gasteiger partial charge in [-0.3, -0.25) is 4.90 Å². The molecule has 0 spiro atoms. The summed E-state index contributed by atoms with van der Waals surface area (Å²) in [5.74, 6) is 1.96. The largest absolute Gasteiger partial charge is 0.368 e. The average molecular weight is 286 g/mol. The number of hydrogen-bond acceptors (Lipinski definition) is 4. The Morgan fingerprint density at radius 1 is 1.19 bits per heavy atom. The Morgan fingerprint density at radius 2 is 1.95 bits per heavy atom. The molecule has 2 aromatic rings. The fourth-order valence-electron chi connectivity index (χ4n) is 2.81. The van der Waals surface area contributed by atoms with Crippen LogP contribution in [0.5, 0.6) is 0 Å². The Kier molecular flexibility index (Phi) is 4.03. The smallest absolute Gasteiger partial charge is 0.146 e. The molecule has 2 heterocycles. The van der Waals surface area contributed by atoms with Crippen LogP contribution in [0.2, 0.25) is 0 Å². The maximum atomic E-state index is 6.09. The molecule has 5 nitrogen and oxygen atoms in total. The quantitative estimate of drug-likeness (QED) is 0.866. The fourth-order valence-corrected chi connectivity index (χ4v) is 2.81. The molecule has 2 atom stereocenters. The van der Waals surface area contributed by atoms with Crippen molar-refractivity contribution in [2.24, 2.45) is 7.05 Å². The van der Waals surface area contributed by atoms with Crippen molar-refractivity contribution in [2.75, 3.05) is 13.1 Å². The van der Waals surface area contributed by atoms with Crippen molar-refractivity contribution in [2.45, 2.75) is 32.6 Å². The van der Waals surface area contributed by atoms with Crippen LogP contribution in [0.4, 0.5) is 0 Å². The number of benzene rings is 1. The van der Waals surface area contributed by atoms with Gasteiger partial charge < -0.3 is 9.30 Å². The minimum absolute atomic E-state index is 0.129. The van der Waals surface area contributed by atoms with Crippen LogP contribution in [0.25, 0.3) is 0 Å². The van der Waals surface area contributed by atoms with Gasteiger partial charge in [-0.2, -0.15) is 0 Å². The molecule has 1 aromatic heterocycles. The SMILES string of the molecule is Cc1nnc(CN2C[C@@H](C)O[C@@H](c3ccccc3)C2)n1C. The first-order chi connectivity index (χ1) is 10.1. The molecule has 0 N–H and O–H groups in total. The van der Waals surface area contributed by atoms with Crippen molar-refractivity contribution >= 4 is 0 Å². The minimum atomic E-state index is 0.129. The number of ether oxygens (including phenoxy) is 1. The van der Waals surface area contributed by atoms with E-state index < -0.39 is 0 Å². The Bertz CT molecular complexity index is 596. The van der Waals surface area contributed by atoms with Crippen LogP contribution < -0.4 is 0 Å². The highest BCUT2D eigenvalue weighted by molar-refractivity contribution is 5.18. The van der Waals surface area contributed by atoms with Crippen molar-refractivity contribution in [1.82, 2.24) is 19.7 Å². The van der Waals surface area contributed by atoms with Crippen molar-refractivity contribution in [3.63, 3.8) is 0 Å². The molecule has 0 saturated carbocycles. The van der Waals surface area contributed by atoms with E-state index >= 15 is 0 Å². The summed E-state index contributed by atoms with van der Waals surface area (Å²) in [4.78, 5) is 2.40. The summed E-state index contributed by atoms with van der Waals surface area (Å²) >= 11 is 0. The van der Waals surface area contributed by atoms with Gasteiger partial charge in [-0.1, -0.05) is 30.3 Å². The first kappa shape index (κ1) is 14.2. The molecule has 1 aliphatic heterocycles. The average Bonchev–Trinajstić information content (AvgIpc) is 2.80. The molecule has 21 heavy (non-hydrogen) atoms. The van der Waals surface area contributed by atoms with Gasteiger partial charge in [-0.05, 0) is 19.4 Å². The summed E-state index contributed by atoms with van der Waals surface area (Å²) in [5, 5.41) is 8.40. The predicted molar refractivity (Wildman–Crippen MR) is 80.7 cm³/mol. The van der Waals surface area contributed by atoms with Crippen LogP contribution >= 0.6 is 0 Å². The molecule has 0 radical (unpaired) electrons. The summed E-state index contributed by atoms with van der Waals surface area (Å²) in [5.41, 5.74) is 1.24. The molecule has 5 heteroatoms. The number of aryl methyl sites for hydroxylation is 1. The van der Waals surface area contributed by atoms with E-state index in [1.807, 2.05) is 20.0 Å². The monoisotopic (exact) mass is 286 g/mol. The second-order valence-corrected chi connectivity index (χ2v) is 5.76. The first-order valence-electron chi connectivity index (χ1n) is 7.41. The molecular formula is C16H22N4O. The Balaban J connectivity index is 1.73. The standard InChI is InChI=1S/C16H22N4O/c1-12-9-20(11-16-18-17-13(2)19(16)3)10-15(21-12)14-7-5-4-6-8-14/h4-8,12,15H,9-11H2,1-3H3/t12-,15-/m1/s1. The van der Waals surface area contributed by atoms with E-state index in [-0.39, 0.29) is 12.2 Å². The first-order valence-corrected chi connectivity index (χ1v) is 7.41. The van der Waals surface area contributed by atoms with Crippen molar-refractivity contribution in [3.05, 3.63) is 47.5 Å². The molecule has 1 saturated heterocycles. The van der Waals surface area contributed by atoms with Gasteiger partial charge in [0.25, 0.3) is 0 Å². The van der Waals surface area contributed by atoms with E-state index in [4.69, 9.17) is 4.74 Å². The van der Waals surface area contributed by atoms with Gasteiger partial charge in [0.15, 0.2) is 0 Å². The molecule has 1 aliphatic rings. The lowest BCUT2D eigenvalue weighted by atomic mass is 10.1. The molecule has 112 valence electrons. The van der Waals surface area contributed by atoms with Gasteiger partial charge in [0.05, 0.1) is 18.8 Å². The zero-order chi connectivity index (χ0) is 14.8. The molecule has 0 amide bonds. The van der Waals surface area contributed by atoms with Crippen molar-refractivity contribution < 1.29 is 4.74 Å². The third kappa shape index (κ3) is 3.14. The van der Waals surface area contributed by atoms with E-state index in [9.17, 15) is 0 Å². The van der Waals surface area contributed by atoms with Crippen LogP contribution in [0, 0.1) is 6.92 Å². The topological polar surface area (TPSA) is 43.2 Å². The second kappa shape index (κ2) is 5.95. The van der Waals surface area contributed by atoms with Gasteiger partial charge in [0.1, 0.15) is 11.6 Å². The summed E-state index contributed by atoms with van der Waals surface area (Å²) < 4.78 is 8.14. The van der Waals surface area contributed by atoms with Crippen LogP contribution in [0.3, 0.4) is 0 Å². The van der Waals surface area contributed by atoms with E-state index in [2.05, 4.69) is 50.9 Å². The van der Waals surface area contributed by atoms with E-state index in [1.54, 1.807) is 0 Å². The van der Waals surface area contributed by atoms with Crippen LogP contribution in [0.15, 0.2) is 30.3 Å². The second-order valence-electron chi connectivity index (χ2n) is 5.76. The van der Waals surface area contributed by atoms with Crippen LogP contribution in [-0.4, -0.2) is 38.9 Å². The normalized spacial score (nSPS) is 23.4. The minimum Gasteiger partial charge on any atom is -0.368 e. The van der Waals surface area contributed by atoms with Gasteiger partial charge in [-0.15, -0.1) is 10.2 Å². The molecular weight excluding hydrogens is 264 g/mol. The Hall–Kier alpha value is -1.72. The number of hydrogen-bond donors (Lipinski definition) is 0. The highest BCUT2D eigenvalue weighted by Gasteiger charge is 2.27. The maximum Gasteiger partial charge on any atom is 0.146 e. The van der Waals surface area contributed by atoms with Crippen LogP contribution in [-0.2, 0) is 18.3 Å². The Morgan fingerprint density at radius 3 is 2.62 bits per heavy atom. The van der Waals surface area contributed by atoms with Gasteiger partial charge in [0.2, 0.25) is 0 Å². The third-order valence-corrected chi connectivity index (χ3v) is 4.06. The lowest BCUT2D eigenvalue weighted by molar-refractivity contribution is -0.0821. The van der Waals surface area contributed by atoms with Gasteiger partial charge >= 0.3 is 0 Å². The molecule has 0 unspecified atom stereocenters. The molecule has 3 rings (SSSR count). The molecule has 0 bridgehead atoms. The summed E-state index contributed by atoms with van der Waals surface area (Å²) in [6, 6.07) is 10.4. The number of rotatable bonds is 3. The zero-order valence-corrected chi connectivity index (χ0v) is 12.9. The fraction of sp³-hybridized carbons (Fsp3) is 0.500. The Labute approximate surface area is 125 Å². The molecule has 0 aliphatic carbocycles. The van der Waals surface area contributed by atoms with Crippen molar-refractivity contribution in [1.29, 1.82) is 0 Å². The molecule has 1 aromatic carbocycles. The lowest BCUT2D eigenvalue weighted by Gasteiger charge is -2.36. The van der Waals surface area contributed by atoms with E-state index in [0.29, 0.717) is 0 Å².